The van der Waals surface area contributed by atoms with Crippen molar-refractivity contribution < 1.29 is 9.90 Å². The molecule has 0 amide bonds. The summed E-state index contributed by atoms with van der Waals surface area (Å²) in [7, 11) is 0. The molecule has 1 N–H and O–H groups in total. The average molecular weight is 279 g/mol. The van der Waals surface area contributed by atoms with Crippen LogP contribution < -0.4 is 0 Å². The summed E-state index contributed by atoms with van der Waals surface area (Å²) < 4.78 is 2.07. The van der Waals surface area contributed by atoms with E-state index < -0.39 is 5.97 Å². The van der Waals surface area contributed by atoms with Crippen molar-refractivity contribution in [2.45, 2.75) is 52.1 Å². The molecule has 0 saturated heterocycles. The van der Waals surface area contributed by atoms with Crippen LogP contribution in [0.1, 0.15) is 51.3 Å². The molecule has 0 aromatic carbocycles. The van der Waals surface area contributed by atoms with E-state index in [1.165, 1.54) is 25.7 Å². The van der Waals surface area contributed by atoms with Crippen LogP contribution in [0.4, 0.5) is 0 Å². The van der Waals surface area contributed by atoms with Crippen LogP contribution >= 0.6 is 0 Å². The zero-order valence-electron chi connectivity index (χ0n) is 12.5. The molecule has 0 spiro atoms. The lowest BCUT2D eigenvalue weighted by Gasteiger charge is -2.21. The van der Waals surface area contributed by atoms with Gasteiger partial charge in [-0.05, 0) is 24.8 Å². The van der Waals surface area contributed by atoms with Crippen molar-refractivity contribution in [3.05, 3.63) is 18.0 Å². The molecule has 112 valence electrons. The van der Waals surface area contributed by atoms with Gasteiger partial charge in [-0.15, -0.1) is 0 Å². The second-order valence-corrected chi connectivity index (χ2v) is 6.18. The topological polar surface area (TPSA) is 58.4 Å². The van der Waals surface area contributed by atoms with Gasteiger partial charge in [-0.1, -0.05) is 26.7 Å². The number of aromatic nitrogens is 2. The van der Waals surface area contributed by atoms with Gasteiger partial charge in [-0.3, -0.25) is 14.4 Å². The molecule has 0 bridgehead atoms. The molecule has 5 heteroatoms. The third-order valence-electron chi connectivity index (χ3n) is 3.73. The summed E-state index contributed by atoms with van der Waals surface area (Å²) in [5, 5.41) is 13.6. The van der Waals surface area contributed by atoms with Crippen LogP contribution in [0.25, 0.3) is 0 Å². The molecule has 0 aliphatic heterocycles. The van der Waals surface area contributed by atoms with Crippen molar-refractivity contribution in [3.63, 3.8) is 0 Å². The van der Waals surface area contributed by atoms with Gasteiger partial charge in [0.1, 0.15) is 0 Å². The van der Waals surface area contributed by atoms with Crippen molar-refractivity contribution in [1.82, 2.24) is 14.7 Å². The fraction of sp³-hybridized carbons (Fsp3) is 0.733. The highest BCUT2D eigenvalue weighted by atomic mass is 16.4. The molecule has 1 saturated carbocycles. The van der Waals surface area contributed by atoms with E-state index in [1.54, 1.807) is 0 Å². The Morgan fingerprint density at radius 1 is 1.50 bits per heavy atom. The molecule has 1 aliphatic rings. The molecule has 1 aromatic rings. The maximum atomic E-state index is 10.9. The van der Waals surface area contributed by atoms with Gasteiger partial charge in [0.2, 0.25) is 0 Å². The molecule has 1 heterocycles. The van der Waals surface area contributed by atoms with Gasteiger partial charge in [-0.25, -0.2) is 0 Å². The first-order chi connectivity index (χ1) is 9.54. The normalized spacial score (nSPS) is 16.4. The van der Waals surface area contributed by atoms with Gasteiger partial charge in [-0.2, -0.15) is 5.10 Å². The van der Waals surface area contributed by atoms with Gasteiger partial charge >= 0.3 is 5.97 Å². The van der Waals surface area contributed by atoms with Crippen molar-refractivity contribution in [3.8, 4) is 0 Å². The predicted octanol–water partition coefficient (Wildman–Crippen LogP) is 2.54. The Morgan fingerprint density at radius 3 is 2.80 bits per heavy atom. The molecule has 0 atom stereocenters. The highest BCUT2D eigenvalue weighted by Crippen LogP contribution is 2.28. The number of nitrogens with zero attached hydrogens (tertiary/aromatic N) is 3. The van der Waals surface area contributed by atoms with Crippen LogP contribution in [0.2, 0.25) is 0 Å². The Labute approximate surface area is 120 Å². The third-order valence-corrected chi connectivity index (χ3v) is 3.73. The minimum atomic E-state index is -0.777. The van der Waals surface area contributed by atoms with Crippen LogP contribution in [-0.2, 0) is 11.3 Å². The van der Waals surface area contributed by atoms with Crippen molar-refractivity contribution in [2.24, 2.45) is 5.92 Å². The molecular formula is C15H25N3O2. The smallest absolute Gasteiger partial charge is 0.317 e. The second kappa shape index (κ2) is 6.88. The van der Waals surface area contributed by atoms with Crippen LogP contribution in [0, 0.1) is 5.92 Å². The van der Waals surface area contributed by atoms with E-state index in [2.05, 4.69) is 23.6 Å². The summed E-state index contributed by atoms with van der Waals surface area (Å²) in [5.41, 5.74) is 0.971. The zero-order chi connectivity index (χ0) is 14.5. The highest BCUT2D eigenvalue weighted by Gasteiger charge is 2.18. The van der Waals surface area contributed by atoms with Crippen LogP contribution in [0.15, 0.2) is 12.3 Å². The third kappa shape index (κ3) is 4.34. The monoisotopic (exact) mass is 279 g/mol. The number of hydrogen-bond acceptors (Lipinski definition) is 3. The molecule has 0 radical (unpaired) electrons. The lowest BCUT2D eigenvalue weighted by atomic mass is 10.2. The average Bonchev–Trinajstić information content (AvgIpc) is 2.95. The van der Waals surface area contributed by atoms with E-state index in [4.69, 9.17) is 5.11 Å². The quantitative estimate of drug-likeness (QED) is 0.833. The summed E-state index contributed by atoms with van der Waals surface area (Å²) in [4.78, 5) is 12.9. The first-order valence-corrected chi connectivity index (χ1v) is 7.52. The van der Waals surface area contributed by atoms with E-state index in [0.29, 0.717) is 18.5 Å². The fourth-order valence-electron chi connectivity index (χ4n) is 2.96. The molecule has 1 fully saturated rings. The van der Waals surface area contributed by atoms with Crippen molar-refractivity contribution in [2.75, 3.05) is 13.1 Å². The van der Waals surface area contributed by atoms with Crippen molar-refractivity contribution in [1.29, 1.82) is 0 Å². The summed E-state index contributed by atoms with van der Waals surface area (Å²) >= 11 is 0. The SMILES string of the molecule is CC(C)CN(CC(=O)O)Cc1ccn(C2CCCC2)n1. The zero-order valence-corrected chi connectivity index (χ0v) is 12.5. The first kappa shape index (κ1) is 15.0. The molecule has 0 unspecified atom stereocenters. The number of rotatable bonds is 7. The van der Waals surface area contributed by atoms with E-state index in [0.717, 1.165) is 12.2 Å². The summed E-state index contributed by atoms with van der Waals surface area (Å²) in [6.45, 7) is 5.68. The number of carboxylic acid groups (broad SMARTS) is 1. The Hall–Kier alpha value is -1.36. The Bertz CT molecular complexity index is 436. The molecular weight excluding hydrogens is 254 g/mol. The van der Waals surface area contributed by atoms with Crippen LogP contribution in [0.5, 0.6) is 0 Å². The minimum absolute atomic E-state index is 0.0778. The molecule has 1 aromatic heterocycles. The van der Waals surface area contributed by atoms with Gasteiger partial charge < -0.3 is 5.11 Å². The van der Waals surface area contributed by atoms with Gasteiger partial charge in [0, 0.05) is 19.3 Å². The Kier molecular flexibility index (Phi) is 5.17. The Balaban J connectivity index is 1.96. The second-order valence-electron chi connectivity index (χ2n) is 6.18. The number of aliphatic carboxylic acids is 1. The van der Waals surface area contributed by atoms with E-state index in [1.807, 2.05) is 17.2 Å². The van der Waals surface area contributed by atoms with E-state index in [-0.39, 0.29) is 6.54 Å². The summed E-state index contributed by atoms with van der Waals surface area (Å²) in [6.07, 6.45) is 7.05. The fourth-order valence-corrected chi connectivity index (χ4v) is 2.96. The van der Waals surface area contributed by atoms with E-state index in [9.17, 15) is 4.79 Å². The van der Waals surface area contributed by atoms with Crippen LogP contribution in [-0.4, -0.2) is 38.8 Å². The number of hydrogen-bond donors (Lipinski definition) is 1. The first-order valence-electron chi connectivity index (χ1n) is 7.52. The standard InChI is InChI=1S/C15H25N3O2/c1-12(2)9-17(11-15(19)20)10-13-7-8-18(16-13)14-5-3-4-6-14/h7-8,12,14H,3-6,9-11H2,1-2H3,(H,19,20). The predicted molar refractivity (Wildman–Crippen MR) is 77.5 cm³/mol. The maximum absolute atomic E-state index is 10.9. The Morgan fingerprint density at radius 2 is 2.20 bits per heavy atom. The molecule has 1 aliphatic carbocycles. The van der Waals surface area contributed by atoms with Crippen LogP contribution in [0.3, 0.4) is 0 Å². The minimum Gasteiger partial charge on any atom is -0.480 e. The molecule has 2 rings (SSSR count). The largest absolute Gasteiger partial charge is 0.480 e. The van der Waals surface area contributed by atoms with Gasteiger partial charge in [0.25, 0.3) is 0 Å². The lowest BCUT2D eigenvalue weighted by molar-refractivity contribution is -0.138. The van der Waals surface area contributed by atoms with E-state index >= 15 is 0 Å². The summed E-state index contributed by atoms with van der Waals surface area (Å²) in [5.74, 6) is -0.327. The maximum Gasteiger partial charge on any atom is 0.317 e. The van der Waals surface area contributed by atoms with Crippen molar-refractivity contribution >= 4 is 5.97 Å². The number of carbonyl (C=O) groups is 1. The lowest BCUT2D eigenvalue weighted by Crippen LogP contribution is -2.32. The molecule has 20 heavy (non-hydrogen) atoms. The van der Waals surface area contributed by atoms with Gasteiger partial charge in [0.15, 0.2) is 0 Å². The van der Waals surface area contributed by atoms with Gasteiger partial charge in [0.05, 0.1) is 18.3 Å². The number of carboxylic acids is 1. The molecule has 5 nitrogen and oxygen atoms in total. The summed E-state index contributed by atoms with van der Waals surface area (Å²) in [6, 6.07) is 2.56. The highest BCUT2D eigenvalue weighted by molar-refractivity contribution is 5.69.